The summed E-state index contributed by atoms with van der Waals surface area (Å²) in [4.78, 5) is 33.8. The van der Waals surface area contributed by atoms with Gasteiger partial charge in [0.15, 0.2) is 10.6 Å². The maximum Gasteiger partial charge on any atom is 0.262 e. The van der Waals surface area contributed by atoms with Crippen LogP contribution in [0.1, 0.15) is 41.5 Å². The van der Waals surface area contributed by atoms with Crippen LogP contribution in [0.4, 0.5) is 5.13 Å². The first-order valence-electron chi connectivity index (χ1n) is 8.18. The lowest BCUT2D eigenvalue weighted by Gasteiger charge is -2.30. The summed E-state index contributed by atoms with van der Waals surface area (Å²) in [6.07, 6.45) is 3.96. The van der Waals surface area contributed by atoms with Crippen LogP contribution in [0.25, 0.3) is 0 Å². The largest absolute Gasteiger partial charge is 0.364 e. The standard InChI is InChI=1S/C17H22N4O2S/c1-11-4-3-5-21(8-11)9-13-10-24-17(19-13)20-16(23)14-7-18-12(2)6-15(14)22/h6-7,10-11H,3-5,8-9H2,1-2H3,(H,18,22)(H,19,20,23)/t11-/m0/s1. The minimum atomic E-state index is -0.427. The van der Waals surface area contributed by atoms with Crippen LogP contribution in [0.3, 0.4) is 0 Å². The van der Waals surface area contributed by atoms with Crippen molar-refractivity contribution in [3.05, 3.63) is 44.8 Å². The summed E-state index contributed by atoms with van der Waals surface area (Å²) >= 11 is 1.39. The Bertz CT molecular complexity index is 783. The molecule has 3 heterocycles. The van der Waals surface area contributed by atoms with Crippen molar-refractivity contribution in [2.75, 3.05) is 18.4 Å². The lowest BCUT2D eigenvalue weighted by atomic mass is 10.0. The molecule has 1 amide bonds. The molecule has 0 unspecified atom stereocenters. The third-order valence-corrected chi connectivity index (χ3v) is 5.01. The number of anilines is 1. The molecule has 1 atom stereocenters. The second-order valence-corrected chi connectivity index (χ2v) is 7.33. The molecule has 6 nitrogen and oxygen atoms in total. The van der Waals surface area contributed by atoms with E-state index < -0.39 is 5.91 Å². The first-order valence-corrected chi connectivity index (χ1v) is 9.06. The number of carbonyl (C=O) groups excluding carboxylic acids is 1. The molecule has 0 radical (unpaired) electrons. The molecule has 1 saturated heterocycles. The number of aromatic amines is 1. The summed E-state index contributed by atoms with van der Waals surface area (Å²) in [6, 6.07) is 1.42. The van der Waals surface area contributed by atoms with Gasteiger partial charge in [-0.25, -0.2) is 4.98 Å². The first kappa shape index (κ1) is 16.9. The van der Waals surface area contributed by atoms with E-state index in [0.717, 1.165) is 36.9 Å². The van der Waals surface area contributed by atoms with Gasteiger partial charge in [-0.05, 0) is 32.2 Å². The first-order chi connectivity index (χ1) is 11.5. The van der Waals surface area contributed by atoms with Gasteiger partial charge in [0.1, 0.15) is 5.56 Å². The van der Waals surface area contributed by atoms with Crippen LogP contribution >= 0.6 is 11.3 Å². The lowest BCUT2D eigenvalue weighted by molar-refractivity contribution is 0.102. The molecule has 0 spiro atoms. The Morgan fingerprint density at radius 2 is 2.38 bits per heavy atom. The van der Waals surface area contributed by atoms with E-state index in [0.29, 0.717) is 5.13 Å². The minimum Gasteiger partial charge on any atom is -0.364 e. The van der Waals surface area contributed by atoms with E-state index in [-0.39, 0.29) is 11.0 Å². The van der Waals surface area contributed by atoms with E-state index in [9.17, 15) is 9.59 Å². The van der Waals surface area contributed by atoms with E-state index in [1.807, 2.05) is 5.38 Å². The molecule has 1 fully saturated rings. The second kappa shape index (κ2) is 7.27. The van der Waals surface area contributed by atoms with E-state index >= 15 is 0 Å². The summed E-state index contributed by atoms with van der Waals surface area (Å²) in [5, 5.41) is 5.21. The molecule has 7 heteroatoms. The van der Waals surface area contributed by atoms with E-state index in [4.69, 9.17) is 0 Å². The molecule has 1 aliphatic rings. The molecule has 2 N–H and O–H groups in total. The highest BCUT2D eigenvalue weighted by Gasteiger charge is 2.18. The number of likely N-dealkylation sites (tertiary alicyclic amines) is 1. The Labute approximate surface area is 144 Å². The fourth-order valence-electron chi connectivity index (χ4n) is 3.01. The molecule has 0 aliphatic carbocycles. The number of aryl methyl sites for hydroxylation is 1. The molecule has 0 saturated carbocycles. The van der Waals surface area contributed by atoms with Gasteiger partial charge < -0.3 is 4.98 Å². The summed E-state index contributed by atoms with van der Waals surface area (Å²) in [7, 11) is 0. The van der Waals surface area contributed by atoms with Gasteiger partial charge in [-0.15, -0.1) is 11.3 Å². The molecule has 24 heavy (non-hydrogen) atoms. The Kier molecular flexibility index (Phi) is 5.11. The zero-order valence-corrected chi connectivity index (χ0v) is 14.8. The van der Waals surface area contributed by atoms with Gasteiger partial charge >= 0.3 is 0 Å². The van der Waals surface area contributed by atoms with E-state index in [2.05, 4.69) is 27.1 Å². The average molecular weight is 346 g/mol. The SMILES string of the molecule is Cc1cc(=O)c(C(=O)Nc2nc(CN3CCC[C@H](C)C3)cs2)c[nH]1. The van der Waals surface area contributed by atoms with Gasteiger partial charge in [-0.3, -0.25) is 19.8 Å². The number of pyridine rings is 1. The number of H-pyrrole nitrogens is 1. The highest BCUT2D eigenvalue weighted by molar-refractivity contribution is 7.13. The molecule has 0 bridgehead atoms. The quantitative estimate of drug-likeness (QED) is 0.892. The number of aromatic nitrogens is 2. The van der Waals surface area contributed by atoms with Crippen LogP contribution in [0, 0.1) is 12.8 Å². The van der Waals surface area contributed by atoms with E-state index in [1.54, 1.807) is 6.92 Å². The number of thiazole rings is 1. The summed E-state index contributed by atoms with van der Waals surface area (Å²) in [5.74, 6) is 0.300. The number of hydrogen-bond acceptors (Lipinski definition) is 5. The number of nitrogens with one attached hydrogen (secondary N) is 2. The monoisotopic (exact) mass is 346 g/mol. The molecule has 2 aromatic heterocycles. The normalized spacial score (nSPS) is 18.5. The van der Waals surface area contributed by atoms with Crippen molar-refractivity contribution in [2.45, 2.75) is 33.2 Å². The highest BCUT2D eigenvalue weighted by atomic mass is 32.1. The van der Waals surface area contributed by atoms with E-state index in [1.165, 1.54) is 36.4 Å². The number of hydrogen-bond donors (Lipinski definition) is 2. The molecule has 2 aromatic rings. The van der Waals surface area contributed by atoms with Crippen LogP contribution in [-0.4, -0.2) is 33.9 Å². The van der Waals surface area contributed by atoms with Gasteiger partial charge in [0.25, 0.3) is 5.91 Å². The Morgan fingerprint density at radius 3 is 3.12 bits per heavy atom. The minimum absolute atomic E-state index is 0.0993. The molecular formula is C17H22N4O2S. The van der Waals surface area contributed by atoms with Crippen molar-refractivity contribution >= 4 is 22.4 Å². The molecule has 3 rings (SSSR count). The number of piperidine rings is 1. The second-order valence-electron chi connectivity index (χ2n) is 6.47. The number of nitrogens with zero attached hydrogens (tertiary/aromatic N) is 2. The highest BCUT2D eigenvalue weighted by Crippen LogP contribution is 2.21. The predicted molar refractivity (Wildman–Crippen MR) is 95.5 cm³/mol. The van der Waals surface area contributed by atoms with Crippen molar-refractivity contribution in [3.63, 3.8) is 0 Å². The number of rotatable bonds is 4. The summed E-state index contributed by atoms with van der Waals surface area (Å²) < 4.78 is 0. The topological polar surface area (TPSA) is 78.1 Å². The van der Waals surface area contributed by atoms with Crippen molar-refractivity contribution in [1.82, 2.24) is 14.9 Å². The van der Waals surface area contributed by atoms with Crippen molar-refractivity contribution in [3.8, 4) is 0 Å². The number of amides is 1. The summed E-state index contributed by atoms with van der Waals surface area (Å²) in [6.45, 7) is 7.05. The zero-order valence-electron chi connectivity index (χ0n) is 14.0. The molecule has 1 aliphatic heterocycles. The third kappa shape index (κ3) is 4.10. The Morgan fingerprint density at radius 1 is 1.54 bits per heavy atom. The van der Waals surface area contributed by atoms with Crippen molar-refractivity contribution in [1.29, 1.82) is 0 Å². The fraction of sp³-hybridized carbons (Fsp3) is 0.471. The van der Waals surface area contributed by atoms with Crippen LogP contribution in [0.15, 0.2) is 22.4 Å². The third-order valence-electron chi connectivity index (χ3n) is 4.20. The van der Waals surface area contributed by atoms with Gasteiger partial charge in [0.2, 0.25) is 0 Å². The van der Waals surface area contributed by atoms with Crippen molar-refractivity contribution in [2.24, 2.45) is 5.92 Å². The predicted octanol–water partition coefficient (Wildman–Crippen LogP) is 2.62. The van der Waals surface area contributed by atoms with Gasteiger partial charge in [-0.2, -0.15) is 0 Å². The van der Waals surface area contributed by atoms with Crippen LogP contribution < -0.4 is 10.7 Å². The zero-order chi connectivity index (χ0) is 17.1. The fourth-order valence-corrected chi connectivity index (χ4v) is 3.71. The molecular weight excluding hydrogens is 324 g/mol. The maximum absolute atomic E-state index is 12.2. The molecule has 128 valence electrons. The Hall–Kier alpha value is -1.99. The number of carbonyl (C=O) groups is 1. The van der Waals surface area contributed by atoms with Gasteiger partial charge in [-0.1, -0.05) is 6.92 Å². The van der Waals surface area contributed by atoms with Crippen LogP contribution in [0.5, 0.6) is 0 Å². The van der Waals surface area contributed by atoms with Crippen LogP contribution in [0.2, 0.25) is 0 Å². The lowest BCUT2D eigenvalue weighted by Crippen LogP contribution is -2.33. The summed E-state index contributed by atoms with van der Waals surface area (Å²) in [5.41, 5.74) is 1.50. The Balaban J connectivity index is 1.63. The van der Waals surface area contributed by atoms with Crippen molar-refractivity contribution < 1.29 is 4.79 Å². The molecule has 0 aromatic carbocycles. The van der Waals surface area contributed by atoms with Crippen LogP contribution in [-0.2, 0) is 6.54 Å². The maximum atomic E-state index is 12.2. The van der Waals surface area contributed by atoms with Gasteiger partial charge in [0, 0.05) is 36.4 Å². The smallest absolute Gasteiger partial charge is 0.262 e. The van der Waals surface area contributed by atoms with Gasteiger partial charge in [0.05, 0.1) is 5.69 Å². The average Bonchev–Trinajstić information content (AvgIpc) is 2.94.